The van der Waals surface area contributed by atoms with E-state index in [1.165, 1.54) is 6.26 Å². The summed E-state index contributed by atoms with van der Waals surface area (Å²) in [7, 11) is 0. The minimum Gasteiger partial charge on any atom is -0.461 e. The molecule has 3 rings (SSSR count). The fourth-order valence-corrected chi connectivity index (χ4v) is 2.62. The summed E-state index contributed by atoms with van der Waals surface area (Å²) in [6.45, 7) is 6.29. The lowest BCUT2D eigenvalue weighted by Gasteiger charge is -2.24. The van der Waals surface area contributed by atoms with Gasteiger partial charge in [0.25, 0.3) is 0 Å². The van der Waals surface area contributed by atoms with Gasteiger partial charge in [0, 0.05) is 12.1 Å². The third-order valence-corrected chi connectivity index (χ3v) is 3.66. The number of nitrogens with one attached hydrogen (secondary N) is 1. The van der Waals surface area contributed by atoms with Gasteiger partial charge < -0.3 is 19.2 Å². The molecule has 1 atom stereocenters. The first kappa shape index (κ1) is 15.7. The Hall–Kier alpha value is -2.18. The van der Waals surface area contributed by atoms with E-state index >= 15 is 0 Å². The van der Waals surface area contributed by atoms with Gasteiger partial charge in [-0.05, 0) is 31.5 Å². The molecule has 122 valence electrons. The second-order valence-corrected chi connectivity index (χ2v) is 5.47. The van der Waals surface area contributed by atoms with Crippen LogP contribution in [-0.2, 0) is 9.47 Å². The van der Waals surface area contributed by atoms with Crippen molar-refractivity contribution in [3.63, 3.8) is 0 Å². The van der Waals surface area contributed by atoms with Gasteiger partial charge in [0.1, 0.15) is 6.26 Å². The van der Waals surface area contributed by atoms with Crippen LogP contribution in [0.5, 0.6) is 0 Å². The lowest BCUT2D eigenvalue weighted by atomic mass is 10.0. The van der Waals surface area contributed by atoms with Gasteiger partial charge in [-0.15, -0.1) is 0 Å². The topological polar surface area (TPSA) is 73.6 Å². The highest BCUT2D eigenvalue weighted by molar-refractivity contribution is 5.87. The summed E-state index contributed by atoms with van der Waals surface area (Å²) < 4.78 is 15.9. The highest BCUT2D eigenvalue weighted by Gasteiger charge is 2.19. The Labute approximate surface area is 134 Å². The van der Waals surface area contributed by atoms with Gasteiger partial charge in [-0.1, -0.05) is 11.6 Å². The van der Waals surface area contributed by atoms with Crippen LogP contribution in [0.25, 0.3) is 11.5 Å². The maximum atomic E-state index is 11.7. The minimum atomic E-state index is -0.474. The SMILES string of the molecule is CCOC(=O)c1coc(-c2cc(C)cc([C@@H]3COCCN3)c2)n1. The van der Waals surface area contributed by atoms with E-state index in [2.05, 4.69) is 16.4 Å². The standard InChI is InChI=1S/C17H20N2O4/c1-3-22-17(20)15-10-23-16(19-15)13-7-11(2)6-12(8-13)14-9-21-5-4-18-14/h6-8,10,14,18H,3-5,9H2,1-2H3/t14-/m0/s1. The van der Waals surface area contributed by atoms with Gasteiger partial charge in [0.05, 0.1) is 25.9 Å². The van der Waals surface area contributed by atoms with Crippen molar-refractivity contribution in [3.8, 4) is 11.5 Å². The van der Waals surface area contributed by atoms with Crippen LogP contribution in [0.3, 0.4) is 0 Å². The molecule has 1 saturated heterocycles. The molecule has 6 heteroatoms. The molecule has 6 nitrogen and oxygen atoms in total. The fraction of sp³-hybridized carbons (Fsp3) is 0.412. The van der Waals surface area contributed by atoms with E-state index in [0.29, 0.717) is 19.1 Å². The second kappa shape index (κ2) is 6.93. The molecule has 1 aromatic carbocycles. The van der Waals surface area contributed by atoms with E-state index < -0.39 is 5.97 Å². The first-order valence-corrected chi connectivity index (χ1v) is 7.73. The number of rotatable bonds is 4. The van der Waals surface area contributed by atoms with Gasteiger partial charge in [-0.3, -0.25) is 0 Å². The van der Waals surface area contributed by atoms with Crippen molar-refractivity contribution in [3.05, 3.63) is 41.3 Å². The summed E-state index contributed by atoms with van der Waals surface area (Å²) in [4.78, 5) is 15.9. The highest BCUT2D eigenvalue weighted by Crippen LogP contribution is 2.26. The van der Waals surface area contributed by atoms with Crippen molar-refractivity contribution in [2.75, 3.05) is 26.4 Å². The van der Waals surface area contributed by atoms with Crippen LogP contribution >= 0.6 is 0 Å². The Kier molecular flexibility index (Phi) is 4.73. The van der Waals surface area contributed by atoms with Gasteiger partial charge in [-0.25, -0.2) is 9.78 Å². The second-order valence-electron chi connectivity index (χ2n) is 5.47. The number of aromatic nitrogens is 1. The van der Waals surface area contributed by atoms with Crippen molar-refractivity contribution >= 4 is 5.97 Å². The molecule has 2 heterocycles. The molecular formula is C17H20N2O4. The normalized spacial score (nSPS) is 17.9. The molecule has 0 unspecified atom stereocenters. The van der Waals surface area contributed by atoms with E-state index in [0.717, 1.165) is 29.8 Å². The van der Waals surface area contributed by atoms with E-state index in [1.807, 2.05) is 19.1 Å². The van der Waals surface area contributed by atoms with Gasteiger partial charge in [0.15, 0.2) is 5.69 Å². The zero-order valence-electron chi connectivity index (χ0n) is 13.3. The molecule has 0 bridgehead atoms. The third-order valence-electron chi connectivity index (χ3n) is 3.66. The predicted molar refractivity (Wildman–Crippen MR) is 84.2 cm³/mol. The molecule has 2 aromatic rings. The van der Waals surface area contributed by atoms with Crippen LogP contribution in [0, 0.1) is 6.92 Å². The van der Waals surface area contributed by atoms with Crippen molar-refractivity contribution in [2.45, 2.75) is 19.9 Å². The van der Waals surface area contributed by atoms with Crippen LogP contribution in [0.15, 0.2) is 28.9 Å². The molecule has 0 radical (unpaired) electrons. The van der Waals surface area contributed by atoms with Crippen molar-refractivity contribution in [1.29, 1.82) is 0 Å². The number of hydrogen-bond donors (Lipinski definition) is 1. The smallest absolute Gasteiger partial charge is 0.360 e. The number of carbonyl (C=O) groups excluding carboxylic acids is 1. The summed E-state index contributed by atoms with van der Waals surface area (Å²) in [6, 6.07) is 6.26. The summed E-state index contributed by atoms with van der Waals surface area (Å²) in [5.41, 5.74) is 3.24. The third kappa shape index (κ3) is 3.60. The fourth-order valence-electron chi connectivity index (χ4n) is 2.62. The Bertz CT molecular complexity index is 690. The number of carbonyl (C=O) groups is 1. The summed E-state index contributed by atoms with van der Waals surface area (Å²) in [5, 5.41) is 3.43. The van der Waals surface area contributed by atoms with Crippen LogP contribution in [0.4, 0.5) is 0 Å². The summed E-state index contributed by atoms with van der Waals surface area (Å²) in [6.07, 6.45) is 1.33. The Morgan fingerprint density at radius 2 is 2.30 bits per heavy atom. The van der Waals surface area contributed by atoms with E-state index in [4.69, 9.17) is 13.9 Å². The first-order valence-electron chi connectivity index (χ1n) is 7.73. The average molecular weight is 316 g/mol. The number of aryl methyl sites for hydroxylation is 1. The molecule has 0 amide bonds. The van der Waals surface area contributed by atoms with E-state index in [1.54, 1.807) is 6.92 Å². The molecule has 1 aromatic heterocycles. The number of nitrogens with zero attached hydrogens (tertiary/aromatic N) is 1. The lowest BCUT2D eigenvalue weighted by molar-refractivity contribution is 0.0519. The molecular weight excluding hydrogens is 296 g/mol. The average Bonchev–Trinajstić information content (AvgIpc) is 3.05. The molecule has 1 N–H and O–H groups in total. The Balaban J connectivity index is 1.87. The van der Waals surface area contributed by atoms with E-state index in [9.17, 15) is 4.79 Å². The maximum absolute atomic E-state index is 11.7. The largest absolute Gasteiger partial charge is 0.461 e. The highest BCUT2D eigenvalue weighted by atomic mass is 16.5. The Morgan fingerprint density at radius 3 is 3.04 bits per heavy atom. The quantitative estimate of drug-likeness (QED) is 0.874. The van der Waals surface area contributed by atoms with Crippen molar-refractivity contribution in [1.82, 2.24) is 10.3 Å². The predicted octanol–water partition coefficient (Wildman–Crippen LogP) is 2.49. The molecule has 0 aliphatic carbocycles. The summed E-state index contributed by atoms with van der Waals surface area (Å²) in [5.74, 6) is -0.0625. The molecule has 0 spiro atoms. The van der Waals surface area contributed by atoms with Crippen LogP contribution < -0.4 is 5.32 Å². The molecule has 0 saturated carbocycles. The van der Waals surface area contributed by atoms with Crippen LogP contribution in [0.1, 0.15) is 34.6 Å². The summed E-state index contributed by atoms with van der Waals surface area (Å²) >= 11 is 0. The first-order chi connectivity index (χ1) is 11.2. The maximum Gasteiger partial charge on any atom is 0.360 e. The number of oxazole rings is 1. The van der Waals surface area contributed by atoms with Crippen LogP contribution in [-0.4, -0.2) is 37.3 Å². The number of benzene rings is 1. The molecule has 1 aliphatic rings. The number of ether oxygens (including phenoxy) is 2. The molecule has 1 aliphatic heterocycles. The molecule has 1 fully saturated rings. The Morgan fingerprint density at radius 1 is 1.43 bits per heavy atom. The van der Waals surface area contributed by atoms with Crippen LogP contribution in [0.2, 0.25) is 0 Å². The number of esters is 1. The van der Waals surface area contributed by atoms with Gasteiger partial charge >= 0.3 is 5.97 Å². The zero-order chi connectivity index (χ0) is 16.2. The molecule has 23 heavy (non-hydrogen) atoms. The monoisotopic (exact) mass is 316 g/mol. The van der Waals surface area contributed by atoms with Crippen molar-refractivity contribution < 1.29 is 18.7 Å². The van der Waals surface area contributed by atoms with Gasteiger partial charge in [-0.2, -0.15) is 0 Å². The zero-order valence-corrected chi connectivity index (χ0v) is 13.3. The van der Waals surface area contributed by atoms with Crippen molar-refractivity contribution in [2.24, 2.45) is 0 Å². The number of morpholine rings is 1. The number of hydrogen-bond acceptors (Lipinski definition) is 6. The van der Waals surface area contributed by atoms with E-state index in [-0.39, 0.29) is 11.7 Å². The minimum absolute atomic E-state index is 0.155. The lowest BCUT2D eigenvalue weighted by Crippen LogP contribution is -2.34. The van der Waals surface area contributed by atoms with Gasteiger partial charge in [0.2, 0.25) is 5.89 Å².